The van der Waals surface area contributed by atoms with Gasteiger partial charge in [0.05, 0.1) is 25.2 Å². The molecule has 14 atom stereocenters. The highest BCUT2D eigenvalue weighted by atomic mass is 16.8. The van der Waals surface area contributed by atoms with Crippen LogP contribution in [0.2, 0.25) is 0 Å². The molecule has 0 aromatic heterocycles. The lowest BCUT2D eigenvalue weighted by Crippen LogP contribution is -2.65. The molecule has 4 unspecified atom stereocenters. The van der Waals surface area contributed by atoms with Gasteiger partial charge in [0.25, 0.3) is 0 Å². The maximum atomic E-state index is 13.9. The number of rotatable bonds is 46. The molecule has 432 valence electrons. The highest BCUT2D eigenvalue weighted by Gasteiger charge is 2.54. The lowest BCUT2D eigenvalue weighted by atomic mass is 9.85. The molecule has 2 aliphatic rings. The number of carbonyl (C=O) groups is 2. The van der Waals surface area contributed by atoms with Crippen molar-refractivity contribution in [3.8, 4) is 0 Å². The van der Waals surface area contributed by atoms with Crippen LogP contribution in [0.3, 0.4) is 0 Å². The zero-order valence-electron chi connectivity index (χ0n) is 46.9. The van der Waals surface area contributed by atoms with Crippen LogP contribution in [-0.2, 0) is 33.3 Å². The van der Waals surface area contributed by atoms with Gasteiger partial charge in [-0.3, -0.25) is 9.59 Å². The zero-order chi connectivity index (χ0) is 53.6. The van der Waals surface area contributed by atoms with E-state index >= 15 is 0 Å². The molecule has 2 aliphatic heterocycles. The summed E-state index contributed by atoms with van der Waals surface area (Å²) < 4.78 is 29.0. The van der Waals surface area contributed by atoms with Crippen LogP contribution >= 0.6 is 0 Å². The van der Waals surface area contributed by atoms with E-state index in [1.54, 1.807) is 6.92 Å². The highest BCUT2D eigenvalue weighted by Crippen LogP contribution is 2.33. The molecule has 0 bridgehead atoms. The molecule has 0 aromatic carbocycles. The molecule has 2 heterocycles. The van der Waals surface area contributed by atoms with Gasteiger partial charge in [0.15, 0.2) is 18.5 Å². The zero-order valence-corrected chi connectivity index (χ0v) is 46.9. The van der Waals surface area contributed by atoms with E-state index in [1.165, 1.54) is 173 Å². The molecular weight excluding hydrogens is 933 g/mol. The Kier molecular flexibility index (Phi) is 39.4. The monoisotopic (exact) mass is 1040 g/mol. The molecule has 0 amide bonds. The number of hydrogen-bond acceptors (Lipinski definition) is 14. The Morgan fingerprint density at radius 3 is 1.27 bits per heavy atom. The molecule has 2 rings (SSSR count). The summed E-state index contributed by atoms with van der Waals surface area (Å²) in [6.07, 6.45) is 25.4. The topological polar surface area (TPSA) is 222 Å². The van der Waals surface area contributed by atoms with Gasteiger partial charge in [-0.15, -0.1) is 0 Å². The van der Waals surface area contributed by atoms with Gasteiger partial charge < -0.3 is 59.4 Å². The summed E-state index contributed by atoms with van der Waals surface area (Å²) in [5.74, 6) is -2.54. The summed E-state index contributed by atoms with van der Waals surface area (Å²) in [4.78, 5) is 27.4. The lowest BCUT2D eigenvalue weighted by molar-refractivity contribution is -0.377. The van der Waals surface area contributed by atoms with E-state index in [1.807, 2.05) is 6.92 Å². The molecule has 14 heteroatoms. The summed E-state index contributed by atoms with van der Waals surface area (Å²) >= 11 is 0. The first-order chi connectivity index (χ1) is 35.3. The number of ether oxygens (including phenoxy) is 5. The molecule has 0 radical (unpaired) electrons. The lowest BCUT2D eigenvalue weighted by Gasteiger charge is -2.46. The van der Waals surface area contributed by atoms with Crippen LogP contribution < -0.4 is 0 Å². The third-order valence-corrected chi connectivity index (χ3v) is 15.7. The predicted octanol–water partition coefficient (Wildman–Crippen LogP) is 11.1. The normalized spacial score (nSPS) is 26.1. The number of aliphatic hydroxyl groups is 7. The highest BCUT2D eigenvalue weighted by molar-refractivity contribution is 5.73. The number of carbonyl (C=O) groups excluding carboxylic acids is 2. The summed E-state index contributed by atoms with van der Waals surface area (Å²) in [6, 6.07) is 0. The number of hydrogen-bond donors (Lipinski definition) is 7. The Bertz CT molecular complexity index is 1320. The van der Waals surface area contributed by atoms with Crippen molar-refractivity contribution in [1.29, 1.82) is 0 Å². The minimum Gasteiger partial charge on any atom is -0.455 e. The van der Waals surface area contributed by atoms with Crippen LogP contribution in [-0.4, -0.2) is 128 Å². The first-order valence-electron chi connectivity index (χ1n) is 30.3. The van der Waals surface area contributed by atoms with Gasteiger partial charge in [0.2, 0.25) is 6.29 Å². The summed E-state index contributed by atoms with van der Waals surface area (Å²) in [5, 5.41) is 74.6. The summed E-state index contributed by atoms with van der Waals surface area (Å²) in [5.41, 5.74) is 0. The largest absolute Gasteiger partial charge is 0.455 e. The third kappa shape index (κ3) is 28.7. The Morgan fingerprint density at radius 1 is 0.466 bits per heavy atom. The van der Waals surface area contributed by atoms with Crippen molar-refractivity contribution >= 4 is 11.9 Å². The van der Waals surface area contributed by atoms with Crippen molar-refractivity contribution in [3.63, 3.8) is 0 Å². The Labute approximate surface area is 443 Å². The van der Waals surface area contributed by atoms with Crippen LogP contribution in [0.15, 0.2) is 0 Å². The molecule has 2 saturated heterocycles. The van der Waals surface area contributed by atoms with Crippen molar-refractivity contribution in [2.24, 2.45) is 17.8 Å². The second-order valence-corrected chi connectivity index (χ2v) is 22.5. The SMILES string of the molecule is CCCCCCCCCCCCCCCCCCC[C@H](C)C[C@H](C)[C@H](O)[C@H](C)C(=O)OC1[C@H](O)C(CO)O[C@H](O[C@H]2OC(CO)[C@@H](O)C(O)[C@@H]2O)[C@@H]1OC(=O)CCCCCCCCCCCCCCCCCC. The Morgan fingerprint density at radius 2 is 0.849 bits per heavy atom. The molecule has 0 aromatic rings. The van der Waals surface area contributed by atoms with Crippen LogP contribution in [0, 0.1) is 17.8 Å². The molecule has 0 aliphatic carbocycles. The molecule has 0 spiro atoms. The molecule has 2 fully saturated rings. The number of aliphatic hydroxyl groups excluding tert-OH is 7. The molecule has 14 nitrogen and oxygen atoms in total. The van der Waals surface area contributed by atoms with Gasteiger partial charge in [-0.1, -0.05) is 240 Å². The molecule has 73 heavy (non-hydrogen) atoms. The fraction of sp³-hybridized carbons (Fsp3) is 0.966. The Balaban J connectivity index is 1.89. The second kappa shape index (κ2) is 42.5. The van der Waals surface area contributed by atoms with Crippen LogP contribution in [0.5, 0.6) is 0 Å². The van der Waals surface area contributed by atoms with Crippen LogP contribution in [0.25, 0.3) is 0 Å². The van der Waals surface area contributed by atoms with E-state index in [2.05, 4.69) is 20.8 Å². The van der Waals surface area contributed by atoms with Crippen molar-refractivity contribution in [3.05, 3.63) is 0 Å². The number of unbranched alkanes of at least 4 members (excludes halogenated alkanes) is 31. The fourth-order valence-corrected chi connectivity index (χ4v) is 10.7. The first kappa shape index (κ1) is 67.6. The van der Waals surface area contributed by atoms with Gasteiger partial charge in [0, 0.05) is 6.42 Å². The van der Waals surface area contributed by atoms with Gasteiger partial charge in [-0.2, -0.15) is 0 Å². The van der Waals surface area contributed by atoms with Gasteiger partial charge in [-0.25, -0.2) is 0 Å². The van der Waals surface area contributed by atoms with Crippen molar-refractivity contribution in [2.75, 3.05) is 13.2 Å². The molecule has 0 saturated carbocycles. The summed E-state index contributed by atoms with van der Waals surface area (Å²) in [6.45, 7) is 8.62. The summed E-state index contributed by atoms with van der Waals surface area (Å²) in [7, 11) is 0. The van der Waals surface area contributed by atoms with E-state index in [-0.39, 0.29) is 12.3 Å². The standard InChI is InChI=1S/C59H112O14/c1-6-8-10-12-14-16-18-20-22-24-25-27-29-31-33-35-37-39-44(3)41-45(4)50(63)46(5)57(68)72-55-52(65)48(43-61)70-59(73-58-54(67)53(66)51(64)47(42-60)69-58)56(55)71-49(62)40-38-36-34-32-30-28-26-23-21-19-17-15-13-11-9-7-2/h44-48,50-56,58-61,63-67H,6-43H2,1-5H3/t44-,45-,46-,47?,48?,50-,51+,52+,53?,54-,55?,56+,58+,59+/m0/s1. The average molecular weight is 1050 g/mol. The van der Waals surface area contributed by atoms with Gasteiger partial charge in [0.1, 0.15) is 36.6 Å². The van der Waals surface area contributed by atoms with Crippen molar-refractivity contribution < 1.29 is 69.0 Å². The second-order valence-electron chi connectivity index (χ2n) is 22.5. The van der Waals surface area contributed by atoms with E-state index in [0.29, 0.717) is 18.8 Å². The number of esters is 2. The smallest absolute Gasteiger partial charge is 0.311 e. The van der Waals surface area contributed by atoms with Crippen LogP contribution in [0.4, 0.5) is 0 Å². The minimum atomic E-state index is -1.85. The van der Waals surface area contributed by atoms with Crippen LogP contribution in [0.1, 0.15) is 266 Å². The third-order valence-electron chi connectivity index (χ3n) is 15.7. The van der Waals surface area contributed by atoms with E-state index in [4.69, 9.17) is 23.7 Å². The van der Waals surface area contributed by atoms with E-state index < -0.39 is 98.6 Å². The molecular formula is C59H112O14. The Hall–Kier alpha value is -1.46. The van der Waals surface area contributed by atoms with Crippen molar-refractivity contribution in [1.82, 2.24) is 0 Å². The minimum absolute atomic E-state index is 0.00614. The first-order valence-corrected chi connectivity index (χ1v) is 30.3. The predicted molar refractivity (Wildman–Crippen MR) is 287 cm³/mol. The van der Waals surface area contributed by atoms with Crippen molar-refractivity contribution in [2.45, 2.75) is 333 Å². The van der Waals surface area contributed by atoms with Gasteiger partial charge >= 0.3 is 11.9 Å². The fourth-order valence-electron chi connectivity index (χ4n) is 10.7. The maximum absolute atomic E-state index is 13.9. The molecule has 7 N–H and O–H groups in total. The maximum Gasteiger partial charge on any atom is 0.311 e. The van der Waals surface area contributed by atoms with Gasteiger partial charge in [-0.05, 0) is 31.6 Å². The van der Waals surface area contributed by atoms with E-state index in [0.717, 1.165) is 38.5 Å². The quantitative estimate of drug-likeness (QED) is 0.0223. The van der Waals surface area contributed by atoms with E-state index in [9.17, 15) is 45.3 Å². The average Bonchev–Trinajstić information content (AvgIpc) is 3.38.